The average Bonchev–Trinajstić information content (AvgIpc) is 2.83. The number of amides is 1. The summed E-state index contributed by atoms with van der Waals surface area (Å²) in [5.41, 5.74) is 7.21. The molecule has 1 heterocycles. The van der Waals surface area contributed by atoms with Gasteiger partial charge in [0, 0.05) is 5.69 Å². The van der Waals surface area contributed by atoms with E-state index in [0.717, 1.165) is 11.3 Å². The lowest BCUT2D eigenvalue weighted by atomic mass is 10.1. The second-order valence-corrected chi connectivity index (χ2v) is 3.77. The Morgan fingerprint density at radius 2 is 2.00 bits per heavy atom. The van der Waals surface area contributed by atoms with Gasteiger partial charge in [-0.05, 0) is 29.8 Å². The van der Waals surface area contributed by atoms with Crippen LogP contribution in [0.5, 0.6) is 0 Å². The van der Waals surface area contributed by atoms with Crippen molar-refractivity contribution in [1.29, 1.82) is 0 Å². The van der Waals surface area contributed by atoms with Crippen molar-refractivity contribution in [2.45, 2.75) is 13.0 Å². The smallest absolute Gasteiger partial charge is 0.224 e. The molecule has 4 nitrogen and oxygen atoms in total. The van der Waals surface area contributed by atoms with Crippen LogP contribution in [0.15, 0.2) is 47.1 Å². The molecule has 1 amide bonds. The summed E-state index contributed by atoms with van der Waals surface area (Å²) in [6, 6.07) is 10.9. The first-order chi connectivity index (χ1) is 8.24. The molecule has 0 saturated heterocycles. The average molecular weight is 230 g/mol. The predicted molar refractivity (Wildman–Crippen MR) is 65.1 cm³/mol. The number of carbonyl (C=O) groups excluding carboxylic acids is 1. The van der Waals surface area contributed by atoms with Crippen molar-refractivity contribution < 1.29 is 9.21 Å². The number of anilines is 1. The van der Waals surface area contributed by atoms with Gasteiger partial charge in [0.1, 0.15) is 5.76 Å². The fourth-order valence-corrected chi connectivity index (χ4v) is 1.48. The van der Waals surface area contributed by atoms with Crippen LogP contribution in [0.3, 0.4) is 0 Å². The van der Waals surface area contributed by atoms with Crippen LogP contribution in [-0.2, 0) is 17.8 Å². The number of benzene rings is 1. The SMILES string of the molecule is Nc1ccc(CC(=O)NCc2ccco2)cc1. The van der Waals surface area contributed by atoms with Gasteiger partial charge in [-0.2, -0.15) is 0 Å². The fourth-order valence-electron chi connectivity index (χ4n) is 1.48. The lowest BCUT2D eigenvalue weighted by Gasteiger charge is -2.03. The topological polar surface area (TPSA) is 68.3 Å². The maximum Gasteiger partial charge on any atom is 0.224 e. The molecule has 0 spiro atoms. The van der Waals surface area contributed by atoms with Crippen LogP contribution in [0.25, 0.3) is 0 Å². The first-order valence-electron chi connectivity index (χ1n) is 5.37. The van der Waals surface area contributed by atoms with E-state index in [9.17, 15) is 4.79 Å². The number of nitrogens with two attached hydrogens (primary N) is 1. The minimum Gasteiger partial charge on any atom is -0.467 e. The van der Waals surface area contributed by atoms with Crippen LogP contribution in [0.1, 0.15) is 11.3 Å². The van der Waals surface area contributed by atoms with Gasteiger partial charge in [-0.3, -0.25) is 4.79 Å². The van der Waals surface area contributed by atoms with Crippen LogP contribution in [-0.4, -0.2) is 5.91 Å². The van der Waals surface area contributed by atoms with Crippen LogP contribution in [0.2, 0.25) is 0 Å². The highest BCUT2D eigenvalue weighted by atomic mass is 16.3. The quantitative estimate of drug-likeness (QED) is 0.786. The highest BCUT2D eigenvalue weighted by Gasteiger charge is 2.04. The molecule has 17 heavy (non-hydrogen) atoms. The highest BCUT2D eigenvalue weighted by molar-refractivity contribution is 5.78. The molecule has 0 unspecified atom stereocenters. The molecule has 0 aliphatic heterocycles. The Balaban J connectivity index is 1.83. The van der Waals surface area contributed by atoms with Crippen molar-refractivity contribution >= 4 is 11.6 Å². The monoisotopic (exact) mass is 230 g/mol. The van der Waals surface area contributed by atoms with Gasteiger partial charge in [-0.25, -0.2) is 0 Å². The van der Waals surface area contributed by atoms with Crippen molar-refractivity contribution in [2.24, 2.45) is 0 Å². The molecule has 4 heteroatoms. The summed E-state index contributed by atoms with van der Waals surface area (Å²) < 4.78 is 5.12. The third-order valence-corrected chi connectivity index (χ3v) is 2.38. The molecule has 1 aromatic carbocycles. The Hall–Kier alpha value is -2.23. The van der Waals surface area contributed by atoms with Crippen LogP contribution in [0.4, 0.5) is 5.69 Å². The Bertz CT molecular complexity index is 475. The zero-order valence-corrected chi connectivity index (χ0v) is 9.35. The molecular formula is C13H14N2O2. The summed E-state index contributed by atoms with van der Waals surface area (Å²) in [5, 5.41) is 2.78. The lowest BCUT2D eigenvalue weighted by molar-refractivity contribution is -0.120. The highest BCUT2D eigenvalue weighted by Crippen LogP contribution is 2.06. The first kappa shape index (κ1) is 11.3. The molecule has 0 bridgehead atoms. The van der Waals surface area contributed by atoms with Crippen molar-refractivity contribution in [3.8, 4) is 0 Å². The zero-order chi connectivity index (χ0) is 12.1. The van der Waals surface area contributed by atoms with Gasteiger partial charge in [-0.1, -0.05) is 12.1 Å². The second-order valence-electron chi connectivity index (χ2n) is 3.77. The minimum atomic E-state index is -0.0360. The normalized spacial score (nSPS) is 10.1. The molecule has 0 atom stereocenters. The largest absolute Gasteiger partial charge is 0.467 e. The van der Waals surface area contributed by atoms with Gasteiger partial charge in [0.2, 0.25) is 5.91 Å². The molecular weight excluding hydrogens is 216 g/mol. The standard InChI is InChI=1S/C13H14N2O2/c14-11-5-3-10(4-6-11)8-13(16)15-9-12-2-1-7-17-12/h1-7H,8-9,14H2,(H,15,16). The van der Waals surface area contributed by atoms with Crippen LogP contribution in [0, 0.1) is 0 Å². The predicted octanol–water partition coefficient (Wildman–Crippen LogP) is 1.72. The fraction of sp³-hybridized carbons (Fsp3) is 0.154. The third-order valence-electron chi connectivity index (χ3n) is 2.38. The second kappa shape index (κ2) is 5.21. The van der Waals surface area contributed by atoms with Gasteiger partial charge in [0.25, 0.3) is 0 Å². The number of hydrogen-bond donors (Lipinski definition) is 2. The van der Waals surface area contributed by atoms with E-state index < -0.39 is 0 Å². The summed E-state index contributed by atoms with van der Waals surface area (Å²) in [7, 11) is 0. The summed E-state index contributed by atoms with van der Waals surface area (Å²) in [4.78, 5) is 11.6. The van der Waals surface area contributed by atoms with Gasteiger partial charge < -0.3 is 15.5 Å². The maximum absolute atomic E-state index is 11.6. The number of carbonyl (C=O) groups is 1. The Morgan fingerprint density at radius 3 is 2.65 bits per heavy atom. The Labute approximate surface area is 99.4 Å². The van der Waals surface area contributed by atoms with E-state index >= 15 is 0 Å². The molecule has 2 aromatic rings. The summed E-state index contributed by atoms with van der Waals surface area (Å²) in [6.45, 7) is 0.417. The molecule has 3 N–H and O–H groups in total. The summed E-state index contributed by atoms with van der Waals surface area (Å²) in [6.07, 6.45) is 1.93. The van der Waals surface area contributed by atoms with Crippen molar-refractivity contribution in [3.05, 3.63) is 54.0 Å². The Kier molecular flexibility index (Phi) is 3.45. The van der Waals surface area contributed by atoms with E-state index in [1.807, 2.05) is 18.2 Å². The number of furan rings is 1. The molecule has 0 aliphatic rings. The van der Waals surface area contributed by atoms with E-state index in [4.69, 9.17) is 10.2 Å². The first-order valence-corrected chi connectivity index (χ1v) is 5.37. The van der Waals surface area contributed by atoms with E-state index in [1.165, 1.54) is 0 Å². The lowest BCUT2D eigenvalue weighted by Crippen LogP contribution is -2.24. The van der Waals surface area contributed by atoms with Gasteiger partial charge in [0.05, 0.1) is 19.2 Å². The molecule has 0 fully saturated rings. The third kappa shape index (κ3) is 3.38. The van der Waals surface area contributed by atoms with Gasteiger partial charge in [0.15, 0.2) is 0 Å². The molecule has 0 saturated carbocycles. The summed E-state index contributed by atoms with van der Waals surface area (Å²) in [5.74, 6) is 0.710. The minimum absolute atomic E-state index is 0.0360. The van der Waals surface area contributed by atoms with Gasteiger partial charge in [-0.15, -0.1) is 0 Å². The molecule has 0 aliphatic carbocycles. The van der Waals surface area contributed by atoms with E-state index in [0.29, 0.717) is 18.7 Å². The molecule has 2 rings (SSSR count). The number of nitrogen functional groups attached to an aromatic ring is 1. The van der Waals surface area contributed by atoms with Crippen LogP contribution >= 0.6 is 0 Å². The number of nitrogens with one attached hydrogen (secondary N) is 1. The van der Waals surface area contributed by atoms with Crippen molar-refractivity contribution in [1.82, 2.24) is 5.32 Å². The molecule has 1 aromatic heterocycles. The summed E-state index contributed by atoms with van der Waals surface area (Å²) >= 11 is 0. The van der Waals surface area contributed by atoms with Crippen molar-refractivity contribution in [2.75, 3.05) is 5.73 Å². The van der Waals surface area contributed by atoms with Gasteiger partial charge >= 0.3 is 0 Å². The van der Waals surface area contributed by atoms with E-state index in [-0.39, 0.29) is 5.91 Å². The Morgan fingerprint density at radius 1 is 1.24 bits per heavy atom. The maximum atomic E-state index is 11.6. The molecule has 88 valence electrons. The number of hydrogen-bond acceptors (Lipinski definition) is 3. The zero-order valence-electron chi connectivity index (χ0n) is 9.35. The molecule has 0 radical (unpaired) electrons. The van der Waals surface area contributed by atoms with Crippen LogP contribution < -0.4 is 11.1 Å². The van der Waals surface area contributed by atoms with E-state index in [1.54, 1.807) is 24.5 Å². The van der Waals surface area contributed by atoms with E-state index in [2.05, 4.69) is 5.32 Å². The number of rotatable bonds is 4. The van der Waals surface area contributed by atoms with Crippen molar-refractivity contribution in [3.63, 3.8) is 0 Å².